The summed E-state index contributed by atoms with van der Waals surface area (Å²) >= 11 is 0. The van der Waals surface area contributed by atoms with Gasteiger partial charge in [-0.1, -0.05) is 76.1 Å². The monoisotopic (exact) mass is 284 g/mol. The molecule has 0 aliphatic heterocycles. The minimum Gasteiger partial charge on any atom is -0.464 e. The van der Waals surface area contributed by atoms with E-state index in [0.717, 1.165) is 5.76 Å². The largest absolute Gasteiger partial charge is 0.464 e. The van der Waals surface area contributed by atoms with Crippen molar-refractivity contribution >= 4 is 0 Å². The van der Waals surface area contributed by atoms with E-state index in [2.05, 4.69) is 31.2 Å². The van der Waals surface area contributed by atoms with Crippen molar-refractivity contribution in [3.05, 3.63) is 48.2 Å². The Kier molecular flexibility index (Phi) is 7.14. The summed E-state index contributed by atoms with van der Waals surface area (Å²) in [5.74, 6) is 0.952. The van der Waals surface area contributed by atoms with Gasteiger partial charge in [-0.25, -0.2) is 0 Å². The maximum absolute atomic E-state index is 5.41. The van der Waals surface area contributed by atoms with E-state index in [0.29, 0.717) is 0 Å². The molecule has 0 bridgehead atoms. The summed E-state index contributed by atoms with van der Waals surface area (Å²) in [4.78, 5) is 0. The zero-order chi connectivity index (χ0) is 14.8. The lowest BCUT2D eigenvalue weighted by Gasteiger charge is -2.04. The molecule has 0 fully saturated rings. The van der Waals surface area contributed by atoms with Gasteiger partial charge in [0.2, 0.25) is 0 Å². The van der Waals surface area contributed by atoms with E-state index in [9.17, 15) is 0 Å². The van der Waals surface area contributed by atoms with Gasteiger partial charge in [0.15, 0.2) is 0 Å². The van der Waals surface area contributed by atoms with Crippen molar-refractivity contribution in [2.45, 2.75) is 64.7 Å². The summed E-state index contributed by atoms with van der Waals surface area (Å²) in [5.41, 5.74) is 2.61. The van der Waals surface area contributed by atoms with Crippen molar-refractivity contribution in [1.82, 2.24) is 0 Å². The van der Waals surface area contributed by atoms with Crippen molar-refractivity contribution < 1.29 is 4.42 Å². The standard InChI is InChI=1S/C20H28O/c1-2-3-4-5-6-7-8-9-11-18-13-15-19(16-14-18)20-12-10-17-21-20/h10,12-17H,2-9,11H2,1H3. The number of furan rings is 1. The van der Waals surface area contributed by atoms with Crippen molar-refractivity contribution in [2.24, 2.45) is 0 Å². The molecule has 0 N–H and O–H groups in total. The normalized spacial score (nSPS) is 10.9. The second-order valence-corrected chi connectivity index (χ2v) is 5.90. The number of aryl methyl sites for hydroxylation is 1. The molecule has 1 aromatic carbocycles. The Morgan fingerprint density at radius 1 is 0.762 bits per heavy atom. The van der Waals surface area contributed by atoms with Crippen LogP contribution in [0.2, 0.25) is 0 Å². The fraction of sp³-hybridized carbons (Fsp3) is 0.500. The Hall–Kier alpha value is -1.50. The van der Waals surface area contributed by atoms with Gasteiger partial charge >= 0.3 is 0 Å². The molecule has 1 heterocycles. The summed E-state index contributed by atoms with van der Waals surface area (Å²) in [7, 11) is 0. The molecular formula is C20H28O. The Bertz CT molecular complexity index is 467. The highest BCUT2D eigenvalue weighted by atomic mass is 16.3. The van der Waals surface area contributed by atoms with Gasteiger partial charge in [0.25, 0.3) is 0 Å². The van der Waals surface area contributed by atoms with Crippen LogP contribution in [0.25, 0.3) is 11.3 Å². The molecule has 0 unspecified atom stereocenters. The first-order valence-electron chi connectivity index (χ1n) is 8.53. The predicted octanol–water partition coefficient (Wildman–Crippen LogP) is 6.63. The smallest absolute Gasteiger partial charge is 0.133 e. The number of hydrogen-bond acceptors (Lipinski definition) is 1. The number of rotatable bonds is 10. The minimum atomic E-state index is 0.952. The first kappa shape index (κ1) is 15.9. The number of hydrogen-bond donors (Lipinski definition) is 0. The number of unbranched alkanes of at least 4 members (excludes halogenated alkanes) is 7. The molecule has 0 atom stereocenters. The van der Waals surface area contributed by atoms with Gasteiger partial charge in [0, 0.05) is 5.56 Å². The highest BCUT2D eigenvalue weighted by Gasteiger charge is 2.00. The van der Waals surface area contributed by atoms with Crippen LogP contribution in [0.15, 0.2) is 47.1 Å². The van der Waals surface area contributed by atoms with Crippen LogP contribution in [0.5, 0.6) is 0 Å². The zero-order valence-corrected chi connectivity index (χ0v) is 13.3. The van der Waals surface area contributed by atoms with Crippen LogP contribution in [0, 0.1) is 0 Å². The van der Waals surface area contributed by atoms with E-state index >= 15 is 0 Å². The van der Waals surface area contributed by atoms with E-state index < -0.39 is 0 Å². The van der Waals surface area contributed by atoms with Gasteiger partial charge in [-0.15, -0.1) is 0 Å². The molecule has 1 aromatic heterocycles. The van der Waals surface area contributed by atoms with Gasteiger partial charge in [-0.2, -0.15) is 0 Å². The van der Waals surface area contributed by atoms with Crippen LogP contribution in [-0.4, -0.2) is 0 Å². The Morgan fingerprint density at radius 3 is 2.05 bits per heavy atom. The molecule has 2 aromatic rings. The lowest BCUT2D eigenvalue weighted by atomic mass is 10.0. The van der Waals surface area contributed by atoms with Crippen LogP contribution in [0.3, 0.4) is 0 Å². The van der Waals surface area contributed by atoms with Gasteiger partial charge < -0.3 is 4.42 Å². The lowest BCUT2D eigenvalue weighted by molar-refractivity contribution is 0.575. The third-order valence-corrected chi connectivity index (χ3v) is 4.08. The summed E-state index contributed by atoms with van der Waals surface area (Å²) in [6.45, 7) is 2.27. The highest BCUT2D eigenvalue weighted by molar-refractivity contribution is 5.57. The van der Waals surface area contributed by atoms with Crippen LogP contribution < -0.4 is 0 Å². The Morgan fingerprint density at radius 2 is 1.43 bits per heavy atom. The van der Waals surface area contributed by atoms with Gasteiger partial charge in [-0.3, -0.25) is 0 Å². The van der Waals surface area contributed by atoms with Gasteiger partial charge in [-0.05, 0) is 30.5 Å². The molecule has 2 rings (SSSR count). The van der Waals surface area contributed by atoms with Crippen LogP contribution in [-0.2, 0) is 6.42 Å². The molecule has 0 saturated heterocycles. The molecule has 0 spiro atoms. The van der Waals surface area contributed by atoms with Crippen molar-refractivity contribution in [1.29, 1.82) is 0 Å². The molecule has 114 valence electrons. The van der Waals surface area contributed by atoms with Crippen LogP contribution in [0.4, 0.5) is 0 Å². The van der Waals surface area contributed by atoms with E-state index in [1.165, 1.54) is 68.9 Å². The first-order chi connectivity index (χ1) is 10.4. The molecule has 21 heavy (non-hydrogen) atoms. The van der Waals surface area contributed by atoms with E-state index in [1.54, 1.807) is 6.26 Å². The quantitative estimate of drug-likeness (QED) is 0.446. The molecule has 0 amide bonds. The van der Waals surface area contributed by atoms with Crippen LogP contribution in [0.1, 0.15) is 63.9 Å². The van der Waals surface area contributed by atoms with Gasteiger partial charge in [0.1, 0.15) is 5.76 Å². The molecule has 1 heteroatoms. The maximum Gasteiger partial charge on any atom is 0.133 e. The summed E-state index contributed by atoms with van der Waals surface area (Å²) < 4.78 is 5.41. The zero-order valence-electron chi connectivity index (χ0n) is 13.3. The topological polar surface area (TPSA) is 13.1 Å². The summed E-state index contributed by atoms with van der Waals surface area (Å²) in [5, 5.41) is 0. The fourth-order valence-corrected chi connectivity index (χ4v) is 2.74. The van der Waals surface area contributed by atoms with Crippen molar-refractivity contribution in [3.63, 3.8) is 0 Å². The van der Waals surface area contributed by atoms with Crippen LogP contribution >= 0.6 is 0 Å². The molecule has 0 aliphatic carbocycles. The highest BCUT2D eigenvalue weighted by Crippen LogP contribution is 2.20. The Labute approximate surface area is 129 Å². The average molecular weight is 284 g/mol. The third-order valence-electron chi connectivity index (χ3n) is 4.08. The average Bonchev–Trinajstić information content (AvgIpc) is 3.05. The fourth-order valence-electron chi connectivity index (χ4n) is 2.74. The Balaban J connectivity index is 1.61. The summed E-state index contributed by atoms with van der Waals surface area (Å²) in [6.07, 6.45) is 14.0. The SMILES string of the molecule is CCCCCCCCCCc1ccc(-c2ccco2)cc1. The summed E-state index contributed by atoms with van der Waals surface area (Å²) in [6, 6.07) is 12.7. The van der Waals surface area contributed by atoms with E-state index in [4.69, 9.17) is 4.42 Å². The maximum atomic E-state index is 5.41. The van der Waals surface area contributed by atoms with Crippen molar-refractivity contribution in [3.8, 4) is 11.3 Å². The van der Waals surface area contributed by atoms with Crippen molar-refractivity contribution in [2.75, 3.05) is 0 Å². The molecule has 0 aliphatic rings. The molecule has 0 saturated carbocycles. The number of benzene rings is 1. The first-order valence-corrected chi connectivity index (χ1v) is 8.53. The minimum absolute atomic E-state index is 0.952. The molecule has 0 radical (unpaired) electrons. The van der Waals surface area contributed by atoms with E-state index in [-0.39, 0.29) is 0 Å². The lowest BCUT2D eigenvalue weighted by Crippen LogP contribution is -1.87. The molecule has 1 nitrogen and oxygen atoms in total. The predicted molar refractivity (Wildman–Crippen MR) is 90.5 cm³/mol. The van der Waals surface area contributed by atoms with Gasteiger partial charge in [0.05, 0.1) is 6.26 Å². The second-order valence-electron chi connectivity index (χ2n) is 5.90. The third kappa shape index (κ3) is 5.79. The second kappa shape index (κ2) is 9.44. The van der Waals surface area contributed by atoms with E-state index in [1.807, 2.05) is 12.1 Å². The molecular weight excluding hydrogens is 256 g/mol.